The summed E-state index contributed by atoms with van der Waals surface area (Å²) in [6, 6.07) is 4.69. The molecule has 1 N–H and O–H groups in total. The van der Waals surface area contributed by atoms with Crippen molar-refractivity contribution >= 4 is 17.7 Å². The lowest BCUT2D eigenvalue weighted by Crippen LogP contribution is -2.34. The Morgan fingerprint density at radius 3 is 2.72 bits per heavy atom. The van der Waals surface area contributed by atoms with E-state index in [-0.39, 0.29) is 5.83 Å². The molecule has 1 amide bonds. The van der Waals surface area contributed by atoms with Gasteiger partial charge in [-0.25, -0.2) is 4.39 Å². The number of nitrogens with zero attached hydrogens (tertiary/aromatic N) is 2. The predicted octanol–water partition coefficient (Wildman–Crippen LogP) is 4.69. The first-order valence-corrected chi connectivity index (χ1v) is 12.1. The van der Waals surface area contributed by atoms with Gasteiger partial charge in [-0.3, -0.25) is 4.79 Å². The number of halogens is 1. The molecule has 1 aromatic carbocycles. The zero-order chi connectivity index (χ0) is 21.7. The van der Waals surface area contributed by atoms with Crippen LogP contribution in [0, 0.1) is 0 Å². The maximum absolute atomic E-state index is 14.0. The first-order chi connectivity index (χ1) is 15.7. The molecule has 5 heteroatoms. The molecule has 2 aromatic rings. The molecule has 0 saturated carbocycles. The molecule has 6 rings (SSSR count). The number of aryl methyl sites for hydroxylation is 1. The molecule has 1 saturated heterocycles. The highest BCUT2D eigenvalue weighted by molar-refractivity contribution is 5.98. The zero-order valence-corrected chi connectivity index (χ0v) is 18.5. The van der Waals surface area contributed by atoms with E-state index in [1.807, 2.05) is 11.0 Å². The molecule has 4 aliphatic rings. The number of H-pyrrole nitrogens is 1. The number of carbonyl (C=O) groups excluding carboxylic acids is 1. The molecule has 0 spiro atoms. The van der Waals surface area contributed by atoms with Crippen molar-refractivity contribution in [2.45, 2.75) is 50.9 Å². The molecule has 32 heavy (non-hydrogen) atoms. The molecule has 0 bridgehead atoms. The highest BCUT2D eigenvalue weighted by atomic mass is 19.1. The van der Waals surface area contributed by atoms with Gasteiger partial charge in [-0.2, -0.15) is 0 Å². The number of anilines is 1. The van der Waals surface area contributed by atoms with E-state index in [1.165, 1.54) is 27.9 Å². The second-order valence-corrected chi connectivity index (χ2v) is 9.70. The van der Waals surface area contributed by atoms with Crippen LogP contribution in [0.15, 0.2) is 36.3 Å². The maximum atomic E-state index is 14.0. The Morgan fingerprint density at radius 2 is 1.88 bits per heavy atom. The average Bonchev–Trinajstić information content (AvgIpc) is 3.36. The van der Waals surface area contributed by atoms with Gasteiger partial charge in [0.15, 0.2) is 0 Å². The standard InChI is InChI=1S/C27H30FN3O/c28-22-2-1-3-25-23(16-22)24(17-29-25)19-7-11-30(12-8-19)10-6-18-14-20-4-5-26(32)31-13-9-21(15-18)27(20)31/h1-2,14-17,19,29H,3-13H2. The number of carbonyl (C=O) groups is 1. The number of hydrogen-bond donors (Lipinski definition) is 1. The SMILES string of the molecule is O=C1CCc2cc(CCN3CCC(c4c[nH]c5c4C=C(F)C=CC5)CC3)cc3c2N1CC3. The summed E-state index contributed by atoms with van der Waals surface area (Å²) >= 11 is 0. The number of likely N-dealkylation sites (tertiary alicyclic amines) is 1. The van der Waals surface area contributed by atoms with E-state index in [1.54, 1.807) is 12.2 Å². The van der Waals surface area contributed by atoms with E-state index in [9.17, 15) is 9.18 Å². The molecule has 1 fully saturated rings. The fourth-order valence-corrected chi connectivity index (χ4v) is 6.08. The Bertz CT molecular complexity index is 1120. The Labute approximate surface area is 188 Å². The smallest absolute Gasteiger partial charge is 0.227 e. The molecule has 0 atom stereocenters. The van der Waals surface area contributed by atoms with Gasteiger partial charge in [-0.1, -0.05) is 18.2 Å². The Balaban J connectivity index is 1.09. The fourth-order valence-electron chi connectivity index (χ4n) is 6.08. The average molecular weight is 432 g/mol. The van der Waals surface area contributed by atoms with Crippen molar-refractivity contribution in [1.82, 2.24) is 9.88 Å². The number of fused-ring (bicyclic) bond motifs is 1. The van der Waals surface area contributed by atoms with Crippen molar-refractivity contribution in [1.29, 1.82) is 0 Å². The number of nitrogens with one attached hydrogen (secondary N) is 1. The number of aromatic nitrogens is 1. The van der Waals surface area contributed by atoms with Crippen LogP contribution in [0.25, 0.3) is 6.08 Å². The molecule has 1 aromatic heterocycles. The van der Waals surface area contributed by atoms with Gasteiger partial charge in [0.05, 0.1) is 5.69 Å². The third kappa shape index (κ3) is 3.53. The third-order valence-electron chi connectivity index (χ3n) is 7.77. The summed E-state index contributed by atoms with van der Waals surface area (Å²) in [5.74, 6) is 0.643. The molecule has 4 nitrogen and oxygen atoms in total. The van der Waals surface area contributed by atoms with Crippen LogP contribution < -0.4 is 4.90 Å². The summed E-state index contributed by atoms with van der Waals surface area (Å²) in [5, 5.41) is 0. The Morgan fingerprint density at radius 1 is 1.06 bits per heavy atom. The van der Waals surface area contributed by atoms with E-state index in [2.05, 4.69) is 28.2 Å². The molecule has 0 radical (unpaired) electrons. The minimum Gasteiger partial charge on any atom is -0.364 e. The van der Waals surface area contributed by atoms with Gasteiger partial charge in [0.1, 0.15) is 5.83 Å². The number of rotatable bonds is 4. The molecule has 3 aliphatic heterocycles. The van der Waals surface area contributed by atoms with E-state index in [0.717, 1.165) is 76.0 Å². The summed E-state index contributed by atoms with van der Waals surface area (Å²) in [4.78, 5) is 20.1. The highest BCUT2D eigenvalue weighted by Crippen LogP contribution is 2.38. The second kappa shape index (κ2) is 8.04. The van der Waals surface area contributed by atoms with E-state index in [4.69, 9.17) is 0 Å². The van der Waals surface area contributed by atoms with Crippen LogP contribution in [0.1, 0.15) is 58.7 Å². The van der Waals surface area contributed by atoms with Gasteiger partial charge >= 0.3 is 0 Å². The van der Waals surface area contributed by atoms with Crippen molar-refractivity contribution in [2.24, 2.45) is 0 Å². The number of hydrogen-bond acceptors (Lipinski definition) is 2. The fraction of sp³-hybridized carbons (Fsp3) is 0.444. The van der Waals surface area contributed by atoms with Crippen molar-refractivity contribution in [3.63, 3.8) is 0 Å². The number of piperidine rings is 1. The number of allylic oxidation sites excluding steroid dienone is 3. The third-order valence-corrected chi connectivity index (χ3v) is 7.77. The van der Waals surface area contributed by atoms with Crippen LogP contribution in [0.3, 0.4) is 0 Å². The monoisotopic (exact) mass is 431 g/mol. The van der Waals surface area contributed by atoms with Crippen molar-refractivity contribution in [3.8, 4) is 0 Å². The van der Waals surface area contributed by atoms with Crippen LogP contribution in [0.4, 0.5) is 10.1 Å². The van der Waals surface area contributed by atoms with Crippen LogP contribution in [-0.2, 0) is 30.5 Å². The van der Waals surface area contributed by atoms with Crippen LogP contribution in [0.2, 0.25) is 0 Å². The summed E-state index contributed by atoms with van der Waals surface area (Å²) in [6.45, 7) is 4.12. The molecule has 1 aliphatic carbocycles. The lowest BCUT2D eigenvalue weighted by molar-refractivity contribution is -0.118. The topological polar surface area (TPSA) is 39.3 Å². The zero-order valence-electron chi connectivity index (χ0n) is 18.5. The first-order valence-electron chi connectivity index (χ1n) is 12.1. The molecule has 4 heterocycles. The van der Waals surface area contributed by atoms with Gasteiger partial charge in [-0.15, -0.1) is 0 Å². The van der Waals surface area contributed by atoms with Crippen LogP contribution in [0.5, 0.6) is 0 Å². The van der Waals surface area contributed by atoms with Gasteiger partial charge in [0.25, 0.3) is 0 Å². The summed E-state index contributed by atoms with van der Waals surface area (Å²) < 4.78 is 14.0. The maximum Gasteiger partial charge on any atom is 0.227 e. The van der Waals surface area contributed by atoms with E-state index >= 15 is 0 Å². The number of amides is 1. The predicted molar refractivity (Wildman–Crippen MR) is 126 cm³/mol. The summed E-state index contributed by atoms with van der Waals surface area (Å²) in [6.07, 6.45) is 13.9. The quantitative estimate of drug-likeness (QED) is 0.763. The molecular weight excluding hydrogens is 401 g/mol. The molecule has 166 valence electrons. The summed E-state index contributed by atoms with van der Waals surface area (Å²) in [5.41, 5.74) is 8.87. The first kappa shape index (κ1) is 20.0. The van der Waals surface area contributed by atoms with Crippen LogP contribution >= 0.6 is 0 Å². The molecular formula is C27H30FN3O. The minimum atomic E-state index is -0.150. The highest BCUT2D eigenvalue weighted by Gasteiger charge is 2.31. The number of aromatic amines is 1. The van der Waals surface area contributed by atoms with Gasteiger partial charge in [-0.05, 0) is 85.5 Å². The largest absolute Gasteiger partial charge is 0.364 e. The van der Waals surface area contributed by atoms with Crippen molar-refractivity contribution < 1.29 is 9.18 Å². The van der Waals surface area contributed by atoms with Gasteiger partial charge in [0, 0.05) is 43.4 Å². The lowest BCUT2D eigenvalue weighted by atomic mass is 9.87. The minimum absolute atomic E-state index is 0.150. The lowest BCUT2D eigenvalue weighted by Gasteiger charge is -2.32. The van der Waals surface area contributed by atoms with Crippen molar-refractivity contribution in [2.75, 3.05) is 31.1 Å². The second-order valence-electron chi connectivity index (χ2n) is 9.70. The van der Waals surface area contributed by atoms with Gasteiger partial charge < -0.3 is 14.8 Å². The van der Waals surface area contributed by atoms with E-state index in [0.29, 0.717) is 18.2 Å². The number of benzene rings is 1. The Kier molecular flexibility index (Phi) is 5.02. The molecule has 0 unspecified atom stereocenters. The summed E-state index contributed by atoms with van der Waals surface area (Å²) in [7, 11) is 0. The Hall–Kier alpha value is -2.66. The van der Waals surface area contributed by atoms with Crippen LogP contribution in [-0.4, -0.2) is 42.0 Å². The van der Waals surface area contributed by atoms with Crippen molar-refractivity contribution in [3.05, 3.63) is 69.8 Å². The van der Waals surface area contributed by atoms with E-state index < -0.39 is 0 Å². The van der Waals surface area contributed by atoms with Gasteiger partial charge in [0.2, 0.25) is 5.91 Å². The normalized spacial score (nSPS) is 20.8.